The number of aryl methyl sites for hydroxylation is 1. The maximum Gasteiger partial charge on any atom is 0.471 e. The monoisotopic (exact) mass is 460 g/mol. The summed E-state index contributed by atoms with van der Waals surface area (Å²) in [5, 5.41) is 19.0. The molecule has 0 saturated heterocycles. The summed E-state index contributed by atoms with van der Waals surface area (Å²) in [4.78, 5) is 35.3. The zero-order chi connectivity index (χ0) is 24.2. The Morgan fingerprint density at radius 2 is 1.79 bits per heavy atom. The van der Waals surface area contributed by atoms with Gasteiger partial charge in [-0.3, -0.25) is 14.4 Å². The van der Waals surface area contributed by atoms with Crippen molar-refractivity contribution in [3.8, 4) is 0 Å². The number of para-hydroxylation sites is 1. The molecule has 0 saturated carbocycles. The molecule has 2 amide bonds. The van der Waals surface area contributed by atoms with E-state index in [-0.39, 0.29) is 22.7 Å². The average Bonchev–Trinajstić information content (AvgIpc) is 3.06. The van der Waals surface area contributed by atoms with E-state index >= 15 is 0 Å². The van der Waals surface area contributed by atoms with Gasteiger partial charge in [0.2, 0.25) is 0 Å². The number of amides is 2. The van der Waals surface area contributed by atoms with Gasteiger partial charge in [-0.05, 0) is 42.3 Å². The predicted molar refractivity (Wildman–Crippen MR) is 116 cm³/mol. The Hall–Kier alpha value is -4.15. The van der Waals surface area contributed by atoms with E-state index in [1.54, 1.807) is 5.32 Å². The van der Waals surface area contributed by atoms with Gasteiger partial charge in [0.25, 0.3) is 5.91 Å². The number of nitrogens with zero attached hydrogens (tertiary/aromatic N) is 2. The van der Waals surface area contributed by atoms with Crippen LogP contribution in [0.3, 0.4) is 0 Å². The Balaban J connectivity index is 1.85. The van der Waals surface area contributed by atoms with Crippen LogP contribution in [0.1, 0.15) is 18.9 Å². The van der Waals surface area contributed by atoms with Gasteiger partial charge in [0.05, 0.1) is 23.4 Å². The van der Waals surface area contributed by atoms with Crippen LogP contribution in [0, 0.1) is 0 Å². The number of carbonyl (C=O) groups excluding carboxylic acids is 2. The number of carboxylic acid groups (broad SMARTS) is 1. The first-order chi connectivity index (χ1) is 15.6. The zero-order valence-corrected chi connectivity index (χ0v) is 17.3. The number of hydrazone groups is 1. The zero-order valence-electron chi connectivity index (χ0n) is 17.3. The van der Waals surface area contributed by atoms with Crippen molar-refractivity contribution in [1.29, 1.82) is 0 Å². The van der Waals surface area contributed by atoms with Crippen LogP contribution < -0.4 is 15.6 Å². The van der Waals surface area contributed by atoms with Gasteiger partial charge in [0.15, 0.2) is 0 Å². The molecule has 0 aliphatic carbocycles. The van der Waals surface area contributed by atoms with Crippen LogP contribution in [0.15, 0.2) is 65.4 Å². The van der Waals surface area contributed by atoms with Gasteiger partial charge in [-0.15, -0.1) is 0 Å². The highest BCUT2D eigenvalue weighted by Crippen LogP contribution is 2.27. The van der Waals surface area contributed by atoms with Gasteiger partial charge in [-0.2, -0.15) is 23.3 Å². The summed E-state index contributed by atoms with van der Waals surface area (Å²) in [6.07, 6.45) is -3.43. The largest absolute Gasteiger partial charge is 0.481 e. The highest BCUT2D eigenvalue weighted by Gasteiger charge is 2.38. The Labute approximate surface area is 186 Å². The highest BCUT2D eigenvalue weighted by atomic mass is 19.4. The molecule has 11 heteroatoms. The van der Waals surface area contributed by atoms with E-state index in [0.29, 0.717) is 0 Å². The Morgan fingerprint density at radius 3 is 2.39 bits per heavy atom. The van der Waals surface area contributed by atoms with Gasteiger partial charge < -0.3 is 15.7 Å². The maximum atomic E-state index is 13.0. The fourth-order valence-electron chi connectivity index (χ4n) is 3.06. The molecule has 0 bridgehead atoms. The molecule has 1 aliphatic rings. The average molecular weight is 460 g/mol. The van der Waals surface area contributed by atoms with E-state index in [9.17, 15) is 32.7 Å². The number of alkyl halides is 3. The first-order valence-corrected chi connectivity index (χ1v) is 9.77. The first kappa shape index (κ1) is 23.5. The van der Waals surface area contributed by atoms with E-state index in [0.717, 1.165) is 22.7 Å². The number of rotatable bonds is 7. The van der Waals surface area contributed by atoms with Crippen LogP contribution in [-0.4, -0.2) is 34.8 Å². The van der Waals surface area contributed by atoms with Crippen LogP contribution in [0.2, 0.25) is 0 Å². The molecule has 2 aromatic rings. The summed E-state index contributed by atoms with van der Waals surface area (Å²) in [6.45, 7) is 1.97. The van der Waals surface area contributed by atoms with E-state index in [1.807, 2.05) is 31.2 Å². The van der Waals surface area contributed by atoms with Gasteiger partial charge >= 0.3 is 18.1 Å². The molecule has 0 atom stereocenters. The maximum absolute atomic E-state index is 13.0. The molecule has 0 radical (unpaired) electrons. The molecule has 3 rings (SSSR count). The summed E-state index contributed by atoms with van der Waals surface area (Å²) in [5.74, 6) is -3.92. The number of hydrogen-bond donors (Lipinski definition) is 3. The molecule has 0 fully saturated rings. The molecular formula is C22H19F3N4O4. The van der Waals surface area contributed by atoms with Crippen LogP contribution in [-0.2, 0) is 20.8 Å². The van der Waals surface area contributed by atoms with Gasteiger partial charge in [0.1, 0.15) is 0 Å². The standard InChI is InChI=1S/C22H19F3N4O4/c1-2-13-5-3-4-6-17(13)26-12-16-18(11-19(30)31)28-29(20(16)32)15-9-7-14(8-10-15)27-21(33)22(23,24)25/h3-10,12,26H,2,11H2,1H3,(H,27,33)(H,30,31)/b16-12+. The van der Waals surface area contributed by atoms with E-state index in [2.05, 4.69) is 10.4 Å². The molecule has 2 aromatic carbocycles. The lowest BCUT2D eigenvalue weighted by Crippen LogP contribution is -2.29. The Bertz CT molecular complexity index is 1140. The number of anilines is 3. The summed E-state index contributed by atoms with van der Waals surface area (Å²) >= 11 is 0. The van der Waals surface area contributed by atoms with Crippen molar-refractivity contribution in [1.82, 2.24) is 0 Å². The molecule has 1 heterocycles. The summed E-state index contributed by atoms with van der Waals surface area (Å²) < 4.78 is 37.2. The molecule has 0 aromatic heterocycles. The van der Waals surface area contributed by atoms with Crippen molar-refractivity contribution < 1.29 is 32.7 Å². The minimum atomic E-state index is -5.04. The molecule has 8 nitrogen and oxygen atoms in total. The van der Waals surface area contributed by atoms with Gasteiger partial charge in [-0.25, -0.2) is 0 Å². The molecule has 0 spiro atoms. The normalized spacial score (nSPS) is 14.9. The summed E-state index contributed by atoms with van der Waals surface area (Å²) in [7, 11) is 0. The summed E-state index contributed by atoms with van der Waals surface area (Å²) in [5.41, 5.74) is 1.85. The van der Waals surface area contributed by atoms with Gasteiger partial charge in [-0.1, -0.05) is 25.1 Å². The number of hydrogen-bond acceptors (Lipinski definition) is 5. The van der Waals surface area contributed by atoms with E-state index < -0.39 is 30.4 Å². The third-order valence-electron chi connectivity index (χ3n) is 4.67. The third kappa shape index (κ3) is 5.56. The van der Waals surface area contributed by atoms with Crippen molar-refractivity contribution in [2.24, 2.45) is 5.10 Å². The molecule has 1 aliphatic heterocycles. The van der Waals surface area contributed by atoms with E-state index in [1.165, 1.54) is 30.5 Å². The molecule has 3 N–H and O–H groups in total. The van der Waals surface area contributed by atoms with Crippen molar-refractivity contribution >= 4 is 40.6 Å². The minimum absolute atomic E-state index is 0.0171. The molecular weight excluding hydrogens is 441 g/mol. The van der Waals surface area contributed by atoms with Crippen LogP contribution in [0.4, 0.5) is 30.2 Å². The molecule has 33 heavy (non-hydrogen) atoms. The lowest BCUT2D eigenvalue weighted by Gasteiger charge is -2.13. The number of carbonyl (C=O) groups is 3. The summed E-state index contributed by atoms with van der Waals surface area (Å²) in [6, 6.07) is 12.3. The number of halogens is 3. The second-order valence-corrected chi connectivity index (χ2v) is 6.95. The lowest BCUT2D eigenvalue weighted by atomic mass is 10.1. The fraction of sp³-hybridized carbons (Fsp3) is 0.182. The highest BCUT2D eigenvalue weighted by molar-refractivity contribution is 6.32. The smallest absolute Gasteiger partial charge is 0.471 e. The minimum Gasteiger partial charge on any atom is -0.481 e. The predicted octanol–water partition coefficient (Wildman–Crippen LogP) is 3.92. The second-order valence-electron chi connectivity index (χ2n) is 6.95. The van der Waals surface area contributed by atoms with Crippen LogP contribution in [0.5, 0.6) is 0 Å². The van der Waals surface area contributed by atoms with Crippen molar-refractivity contribution in [2.75, 3.05) is 15.6 Å². The topological polar surface area (TPSA) is 111 Å². The van der Waals surface area contributed by atoms with Crippen molar-refractivity contribution in [2.45, 2.75) is 25.9 Å². The Morgan fingerprint density at radius 1 is 1.12 bits per heavy atom. The number of benzene rings is 2. The molecule has 172 valence electrons. The third-order valence-corrected chi connectivity index (χ3v) is 4.67. The van der Waals surface area contributed by atoms with E-state index in [4.69, 9.17) is 0 Å². The quantitative estimate of drug-likeness (QED) is 0.543. The number of carboxylic acids is 1. The van der Waals surface area contributed by atoms with Crippen molar-refractivity contribution in [3.05, 3.63) is 65.9 Å². The first-order valence-electron chi connectivity index (χ1n) is 9.77. The van der Waals surface area contributed by atoms with Crippen molar-refractivity contribution in [3.63, 3.8) is 0 Å². The van der Waals surface area contributed by atoms with Crippen LogP contribution >= 0.6 is 0 Å². The SMILES string of the molecule is CCc1ccccc1N/C=C1/C(=O)N(c2ccc(NC(=O)C(F)(F)F)cc2)N=C1CC(=O)O. The molecule has 0 unspecified atom stereocenters. The lowest BCUT2D eigenvalue weighted by molar-refractivity contribution is -0.167. The number of nitrogens with one attached hydrogen (secondary N) is 2. The second kappa shape index (κ2) is 9.55. The van der Waals surface area contributed by atoms with Crippen LogP contribution in [0.25, 0.3) is 0 Å². The van der Waals surface area contributed by atoms with Gasteiger partial charge in [0, 0.05) is 17.6 Å². The Kier molecular flexibility index (Phi) is 6.80. The number of aliphatic carboxylic acids is 1. The fourth-order valence-corrected chi connectivity index (χ4v) is 3.06.